The number of H-pyrrole nitrogens is 1. The minimum atomic E-state index is -0.446. The van der Waals surface area contributed by atoms with Gasteiger partial charge in [0.1, 0.15) is 0 Å². The maximum absolute atomic E-state index is 12.8. The Morgan fingerprint density at radius 2 is 2.00 bits per heavy atom. The van der Waals surface area contributed by atoms with E-state index in [9.17, 15) is 9.59 Å². The summed E-state index contributed by atoms with van der Waals surface area (Å²) >= 11 is 0. The summed E-state index contributed by atoms with van der Waals surface area (Å²) in [5.41, 5.74) is 0.0818. The molecule has 134 valence electrons. The van der Waals surface area contributed by atoms with E-state index in [1.165, 1.54) is 23.6 Å². The van der Waals surface area contributed by atoms with Gasteiger partial charge in [0, 0.05) is 17.5 Å². The van der Waals surface area contributed by atoms with Gasteiger partial charge in [-0.25, -0.2) is 9.67 Å². The monoisotopic (exact) mass is 351 g/mol. The number of anilines is 1. The first-order chi connectivity index (χ1) is 12.6. The molecule has 1 aliphatic carbocycles. The third-order valence-electron chi connectivity index (χ3n) is 4.97. The summed E-state index contributed by atoms with van der Waals surface area (Å²) in [5, 5.41) is 8.97. The Balaban J connectivity index is 1.70. The van der Waals surface area contributed by atoms with Crippen molar-refractivity contribution >= 4 is 16.7 Å². The Bertz CT molecular complexity index is 1050. The number of hydrogen-bond donors (Lipinski definition) is 2. The maximum Gasteiger partial charge on any atom is 0.275 e. The van der Waals surface area contributed by atoms with Crippen LogP contribution in [0.1, 0.15) is 44.3 Å². The summed E-state index contributed by atoms with van der Waals surface area (Å²) in [6.45, 7) is 1.82. The largest absolute Gasteiger partial charge is 0.353 e. The molecule has 0 amide bonds. The number of nitrogens with one attached hydrogen (secondary N) is 2. The van der Waals surface area contributed by atoms with Crippen LogP contribution in [0.25, 0.3) is 10.8 Å². The first-order valence-electron chi connectivity index (χ1n) is 8.96. The van der Waals surface area contributed by atoms with Crippen LogP contribution in [0, 0.1) is 0 Å². The molecule has 1 aliphatic rings. The molecule has 1 atom stereocenters. The van der Waals surface area contributed by atoms with Crippen LogP contribution in [0.15, 0.2) is 46.1 Å². The van der Waals surface area contributed by atoms with Crippen LogP contribution in [0.5, 0.6) is 0 Å². The third-order valence-corrected chi connectivity index (χ3v) is 4.97. The van der Waals surface area contributed by atoms with Crippen molar-refractivity contribution < 1.29 is 0 Å². The lowest BCUT2D eigenvalue weighted by molar-refractivity contribution is 0.524. The highest BCUT2D eigenvalue weighted by Crippen LogP contribution is 2.21. The van der Waals surface area contributed by atoms with Gasteiger partial charge in [-0.15, -0.1) is 0 Å². The average Bonchev–Trinajstić information content (AvgIpc) is 3.14. The molecule has 0 spiro atoms. The van der Waals surface area contributed by atoms with Gasteiger partial charge >= 0.3 is 0 Å². The summed E-state index contributed by atoms with van der Waals surface area (Å²) in [7, 11) is 0. The molecule has 2 heterocycles. The summed E-state index contributed by atoms with van der Waals surface area (Å²) in [6.07, 6.45) is 6.20. The van der Waals surface area contributed by atoms with Crippen LogP contribution in [0.3, 0.4) is 0 Å². The third kappa shape index (κ3) is 3.12. The van der Waals surface area contributed by atoms with E-state index in [1.54, 1.807) is 12.3 Å². The number of rotatable bonds is 4. The predicted molar refractivity (Wildman–Crippen MR) is 101 cm³/mol. The molecular weight excluding hydrogens is 330 g/mol. The van der Waals surface area contributed by atoms with Gasteiger partial charge in [-0.1, -0.05) is 31.0 Å². The van der Waals surface area contributed by atoms with Gasteiger partial charge < -0.3 is 5.32 Å². The van der Waals surface area contributed by atoms with E-state index < -0.39 is 6.04 Å². The Morgan fingerprint density at radius 1 is 1.23 bits per heavy atom. The highest BCUT2D eigenvalue weighted by molar-refractivity contribution is 5.80. The number of nitrogens with zero attached hydrogens (tertiary/aromatic N) is 3. The molecule has 1 fully saturated rings. The number of hydrogen-bond acceptors (Lipinski definition) is 5. The molecule has 0 aliphatic heterocycles. The Morgan fingerprint density at radius 3 is 2.81 bits per heavy atom. The van der Waals surface area contributed by atoms with Crippen molar-refractivity contribution in [3.05, 3.63) is 62.9 Å². The molecule has 26 heavy (non-hydrogen) atoms. The lowest BCUT2D eigenvalue weighted by Gasteiger charge is -2.16. The van der Waals surface area contributed by atoms with Crippen LogP contribution in [0.4, 0.5) is 5.95 Å². The van der Waals surface area contributed by atoms with Gasteiger partial charge in [-0.05, 0) is 25.8 Å². The van der Waals surface area contributed by atoms with Crippen LogP contribution in [-0.4, -0.2) is 25.8 Å². The number of aromatic amines is 1. The van der Waals surface area contributed by atoms with Gasteiger partial charge in [0.05, 0.1) is 23.3 Å². The maximum atomic E-state index is 12.8. The fourth-order valence-corrected chi connectivity index (χ4v) is 3.53. The van der Waals surface area contributed by atoms with Gasteiger partial charge in [-0.2, -0.15) is 5.10 Å². The van der Waals surface area contributed by atoms with Crippen molar-refractivity contribution in [3.63, 3.8) is 0 Å². The summed E-state index contributed by atoms with van der Waals surface area (Å²) in [4.78, 5) is 32.1. The Hall–Kier alpha value is -2.96. The van der Waals surface area contributed by atoms with Crippen molar-refractivity contribution in [3.8, 4) is 0 Å². The van der Waals surface area contributed by atoms with Crippen molar-refractivity contribution in [2.75, 3.05) is 5.32 Å². The fraction of sp³-hybridized carbons (Fsp3) is 0.368. The zero-order valence-corrected chi connectivity index (χ0v) is 14.6. The highest BCUT2D eigenvalue weighted by atomic mass is 16.1. The zero-order valence-electron chi connectivity index (χ0n) is 14.6. The first kappa shape index (κ1) is 16.5. The molecule has 4 rings (SSSR count). The second-order valence-corrected chi connectivity index (χ2v) is 6.80. The number of fused-ring (bicyclic) bond motifs is 1. The molecule has 7 heteroatoms. The van der Waals surface area contributed by atoms with Crippen molar-refractivity contribution in [1.82, 2.24) is 19.7 Å². The van der Waals surface area contributed by atoms with Crippen LogP contribution in [0.2, 0.25) is 0 Å². The van der Waals surface area contributed by atoms with E-state index >= 15 is 0 Å². The van der Waals surface area contributed by atoms with Gasteiger partial charge in [-0.3, -0.25) is 14.6 Å². The fourth-order valence-electron chi connectivity index (χ4n) is 3.53. The SMILES string of the molecule is CC(c1cc(=O)[nH]c(NC2CCCC2)n1)n1ncc2ccccc2c1=O. The number of benzene rings is 1. The van der Waals surface area contributed by atoms with Crippen LogP contribution >= 0.6 is 0 Å². The molecule has 1 unspecified atom stereocenters. The van der Waals surface area contributed by atoms with Gasteiger partial charge in [0.15, 0.2) is 0 Å². The molecule has 3 aromatic rings. The molecule has 2 N–H and O–H groups in total. The minimum absolute atomic E-state index is 0.192. The number of aromatic nitrogens is 4. The molecule has 0 saturated heterocycles. The smallest absolute Gasteiger partial charge is 0.275 e. The van der Waals surface area contributed by atoms with Crippen LogP contribution < -0.4 is 16.4 Å². The molecule has 1 saturated carbocycles. The molecule has 0 bridgehead atoms. The molecule has 0 radical (unpaired) electrons. The average molecular weight is 351 g/mol. The normalized spacial score (nSPS) is 16.0. The van der Waals surface area contributed by atoms with Crippen molar-refractivity contribution in [1.29, 1.82) is 0 Å². The summed E-state index contributed by atoms with van der Waals surface area (Å²) < 4.78 is 1.38. The lowest BCUT2D eigenvalue weighted by Crippen LogP contribution is -2.28. The van der Waals surface area contributed by atoms with E-state index in [1.807, 2.05) is 25.1 Å². The van der Waals surface area contributed by atoms with E-state index in [0.717, 1.165) is 18.2 Å². The van der Waals surface area contributed by atoms with E-state index in [2.05, 4.69) is 20.4 Å². The van der Waals surface area contributed by atoms with Gasteiger partial charge in [0.25, 0.3) is 11.1 Å². The molecule has 1 aromatic carbocycles. The van der Waals surface area contributed by atoms with Crippen molar-refractivity contribution in [2.45, 2.75) is 44.7 Å². The second kappa shape index (κ2) is 6.74. The first-order valence-corrected chi connectivity index (χ1v) is 8.96. The Labute approximate surface area is 150 Å². The minimum Gasteiger partial charge on any atom is -0.353 e. The van der Waals surface area contributed by atoms with E-state index in [-0.39, 0.29) is 11.1 Å². The van der Waals surface area contributed by atoms with Crippen molar-refractivity contribution in [2.24, 2.45) is 0 Å². The second-order valence-electron chi connectivity index (χ2n) is 6.80. The lowest BCUT2D eigenvalue weighted by atomic mass is 10.2. The van der Waals surface area contributed by atoms with Gasteiger partial charge in [0.2, 0.25) is 5.95 Å². The van der Waals surface area contributed by atoms with Crippen LogP contribution in [-0.2, 0) is 0 Å². The van der Waals surface area contributed by atoms with E-state index in [0.29, 0.717) is 23.1 Å². The predicted octanol–water partition coefficient (Wildman–Crippen LogP) is 2.44. The molecular formula is C19H21N5O2. The standard InChI is InChI=1S/C19H21N5O2/c1-12(24-18(26)15-9-5-2-6-13(15)11-20-24)16-10-17(25)23-19(22-16)21-14-7-3-4-8-14/h2,5-6,9-12,14H,3-4,7-8H2,1H3,(H2,21,22,23,25). The summed E-state index contributed by atoms with van der Waals surface area (Å²) in [5.74, 6) is 0.458. The molecule has 7 nitrogen and oxygen atoms in total. The quantitative estimate of drug-likeness (QED) is 0.753. The van der Waals surface area contributed by atoms with E-state index in [4.69, 9.17) is 0 Å². The molecule has 2 aromatic heterocycles. The Kier molecular flexibility index (Phi) is 4.28. The topological polar surface area (TPSA) is 92.7 Å². The summed E-state index contributed by atoms with van der Waals surface area (Å²) in [6, 6.07) is 8.65. The highest BCUT2D eigenvalue weighted by Gasteiger charge is 2.18. The zero-order chi connectivity index (χ0) is 18.1.